The number of sulfonamides is 1. The molecule has 4 nitrogen and oxygen atoms in total. The van der Waals surface area contributed by atoms with E-state index in [2.05, 4.69) is 10.0 Å². The number of para-hydroxylation sites is 1. The fraction of sp³-hybridized carbons (Fsp3) is 0.0769. The van der Waals surface area contributed by atoms with Crippen molar-refractivity contribution in [3.05, 3.63) is 52.5 Å². The van der Waals surface area contributed by atoms with Crippen LogP contribution >= 0.6 is 23.2 Å². The first-order valence-corrected chi connectivity index (χ1v) is 7.93. The number of hydrogen-bond acceptors (Lipinski definition) is 3. The standard InChI is InChI=1S/C13H12Cl2N2O2S/c1-16-10-6-2-3-8-12(10)20(18,19)17-11-7-4-5-9(14)13(11)15/h2-8,16-17H,1H3. The molecule has 20 heavy (non-hydrogen) atoms. The molecule has 0 amide bonds. The molecule has 7 heteroatoms. The Balaban J connectivity index is 2.44. The van der Waals surface area contributed by atoms with Gasteiger partial charge in [-0.3, -0.25) is 4.72 Å². The van der Waals surface area contributed by atoms with Crippen LogP contribution in [-0.2, 0) is 10.0 Å². The van der Waals surface area contributed by atoms with Crippen LogP contribution in [-0.4, -0.2) is 15.5 Å². The van der Waals surface area contributed by atoms with E-state index in [4.69, 9.17) is 23.2 Å². The molecule has 2 rings (SSSR count). The summed E-state index contributed by atoms with van der Waals surface area (Å²) < 4.78 is 27.2. The molecule has 0 heterocycles. The molecule has 0 radical (unpaired) electrons. The number of anilines is 2. The quantitative estimate of drug-likeness (QED) is 0.895. The maximum atomic E-state index is 12.4. The van der Waals surface area contributed by atoms with E-state index in [1.807, 2.05) is 0 Å². The molecule has 0 unspecified atom stereocenters. The summed E-state index contributed by atoms with van der Waals surface area (Å²) in [5, 5.41) is 3.29. The summed E-state index contributed by atoms with van der Waals surface area (Å²) in [5.74, 6) is 0. The first kappa shape index (κ1) is 15.0. The van der Waals surface area contributed by atoms with Crippen molar-refractivity contribution in [2.75, 3.05) is 17.1 Å². The SMILES string of the molecule is CNc1ccccc1S(=O)(=O)Nc1cccc(Cl)c1Cl. The molecule has 0 bridgehead atoms. The van der Waals surface area contributed by atoms with Crippen molar-refractivity contribution >= 4 is 44.6 Å². The van der Waals surface area contributed by atoms with Crippen LogP contribution in [0.1, 0.15) is 0 Å². The van der Waals surface area contributed by atoms with Crippen LogP contribution in [0.3, 0.4) is 0 Å². The van der Waals surface area contributed by atoms with Gasteiger partial charge in [0.2, 0.25) is 0 Å². The number of rotatable bonds is 4. The summed E-state index contributed by atoms with van der Waals surface area (Å²) in [6.07, 6.45) is 0. The fourth-order valence-electron chi connectivity index (χ4n) is 1.69. The van der Waals surface area contributed by atoms with Gasteiger partial charge in [0.25, 0.3) is 10.0 Å². The number of halogens is 2. The third-order valence-electron chi connectivity index (χ3n) is 2.64. The van der Waals surface area contributed by atoms with E-state index in [0.717, 1.165) is 0 Å². The van der Waals surface area contributed by atoms with Crippen molar-refractivity contribution in [3.63, 3.8) is 0 Å². The summed E-state index contributed by atoms with van der Waals surface area (Å²) >= 11 is 11.9. The van der Waals surface area contributed by atoms with Crippen LogP contribution in [0.4, 0.5) is 11.4 Å². The maximum absolute atomic E-state index is 12.4. The van der Waals surface area contributed by atoms with Gasteiger partial charge < -0.3 is 5.32 Å². The highest BCUT2D eigenvalue weighted by molar-refractivity contribution is 7.92. The van der Waals surface area contributed by atoms with Gasteiger partial charge in [0, 0.05) is 7.05 Å². The van der Waals surface area contributed by atoms with Crippen molar-refractivity contribution in [3.8, 4) is 0 Å². The van der Waals surface area contributed by atoms with Crippen LogP contribution in [0.15, 0.2) is 47.4 Å². The largest absolute Gasteiger partial charge is 0.387 e. The number of hydrogen-bond donors (Lipinski definition) is 2. The monoisotopic (exact) mass is 330 g/mol. The molecule has 0 spiro atoms. The minimum absolute atomic E-state index is 0.138. The topological polar surface area (TPSA) is 58.2 Å². The van der Waals surface area contributed by atoms with Gasteiger partial charge in [-0.15, -0.1) is 0 Å². The highest BCUT2D eigenvalue weighted by Crippen LogP contribution is 2.32. The third-order valence-corrected chi connectivity index (χ3v) is 4.88. The van der Waals surface area contributed by atoms with Gasteiger partial charge in [-0.25, -0.2) is 8.42 Å². The Labute approximate surface area is 127 Å². The molecule has 2 aromatic carbocycles. The Kier molecular flexibility index (Phi) is 4.42. The van der Waals surface area contributed by atoms with Crippen LogP contribution in [0, 0.1) is 0 Å². The van der Waals surface area contributed by atoms with Crippen LogP contribution < -0.4 is 10.0 Å². The van der Waals surface area contributed by atoms with Gasteiger partial charge in [-0.1, -0.05) is 41.4 Å². The van der Waals surface area contributed by atoms with E-state index in [-0.39, 0.29) is 20.6 Å². The van der Waals surface area contributed by atoms with Crippen molar-refractivity contribution in [1.29, 1.82) is 0 Å². The van der Waals surface area contributed by atoms with Crippen LogP contribution in [0.5, 0.6) is 0 Å². The fourth-order valence-corrected chi connectivity index (χ4v) is 3.38. The van der Waals surface area contributed by atoms with E-state index in [1.165, 1.54) is 6.07 Å². The summed E-state index contributed by atoms with van der Waals surface area (Å²) in [6, 6.07) is 11.3. The van der Waals surface area contributed by atoms with Crippen molar-refractivity contribution in [2.45, 2.75) is 4.90 Å². The van der Waals surface area contributed by atoms with Crippen molar-refractivity contribution < 1.29 is 8.42 Å². The van der Waals surface area contributed by atoms with Gasteiger partial charge >= 0.3 is 0 Å². The molecule has 0 atom stereocenters. The smallest absolute Gasteiger partial charge is 0.263 e. The molecule has 0 saturated carbocycles. The third kappa shape index (κ3) is 3.00. The zero-order valence-electron chi connectivity index (χ0n) is 10.5. The second kappa shape index (κ2) is 5.91. The second-order valence-corrected chi connectivity index (χ2v) is 6.39. The zero-order chi connectivity index (χ0) is 14.8. The lowest BCUT2D eigenvalue weighted by atomic mass is 10.3. The van der Waals surface area contributed by atoms with Crippen molar-refractivity contribution in [1.82, 2.24) is 0 Å². The normalized spacial score (nSPS) is 11.2. The molecule has 0 aromatic heterocycles. The molecular weight excluding hydrogens is 319 g/mol. The lowest BCUT2D eigenvalue weighted by molar-refractivity contribution is 0.601. The van der Waals surface area contributed by atoms with Crippen molar-refractivity contribution in [2.24, 2.45) is 0 Å². The van der Waals surface area contributed by atoms with Gasteiger partial charge in [0.1, 0.15) is 4.90 Å². The molecule has 106 valence electrons. The Hall–Kier alpha value is -1.43. The van der Waals surface area contributed by atoms with Gasteiger partial charge in [0.15, 0.2) is 0 Å². The Morgan fingerprint density at radius 2 is 1.60 bits per heavy atom. The Morgan fingerprint density at radius 1 is 0.950 bits per heavy atom. The minimum Gasteiger partial charge on any atom is -0.387 e. The molecule has 0 aliphatic heterocycles. The van der Waals surface area contributed by atoms with E-state index in [0.29, 0.717) is 5.69 Å². The van der Waals surface area contributed by atoms with E-state index in [1.54, 1.807) is 43.4 Å². The number of benzene rings is 2. The van der Waals surface area contributed by atoms with Crippen LogP contribution in [0.2, 0.25) is 10.0 Å². The summed E-state index contributed by atoms with van der Waals surface area (Å²) in [5.41, 5.74) is 0.739. The summed E-state index contributed by atoms with van der Waals surface area (Å²) in [6.45, 7) is 0. The molecule has 0 aliphatic rings. The molecule has 0 saturated heterocycles. The predicted octanol–water partition coefficient (Wildman–Crippen LogP) is 3.84. The maximum Gasteiger partial charge on any atom is 0.263 e. The zero-order valence-corrected chi connectivity index (χ0v) is 12.9. The van der Waals surface area contributed by atoms with Gasteiger partial charge in [-0.05, 0) is 24.3 Å². The lowest BCUT2D eigenvalue weighted by Gasteiger charge is -2.13. The minimum atomic E-state index is -3.75. The molecule has 2 aromatic rings. The average molecular weight is 331 g/mol. The summed E-state index contributed by atoms with van der Waals surface area (Å²) in [4.78, 5) is 0.138. The number of nitrogens with one attached hydrogen (secondary N) is 2. The molecule has 2 N–H and O–H groups in total. The predicted molar refractivity (Wildman–Crippen MR) is 83.3 cm³/mol. The average Bonchev–Trinajstić information content (AvgIpc) is 2.43. The van der Waals surface area contributed by atoms with E-state index < -0.39 is 10.0 Å². The lowest BCUT2D eigenvalue weighted by Crippen LogP contribution is -2.15. The highest BCUT2D eigenvalue weighted by Gasteiger charge is 2.19. The second-order valence-electron chi connectivity index (χ2n) is 3.95. The van der Waals surface area contributed by atoms with E-state index in [9.17, 15) is 8.42 Å². The highest BCUT2D eigenvalue weighted by atomic mass is 35.5. The molecular formula is C13H12Cl2N2O2S. The van der Waals surface area contributed by atoms with E-state index >= 15 is 0 Å². The Morgan fingerprint density at radius 3 is 2.30 bits per heavy atom. The first-order chi connectivity index (χ1) is 9.45. The first-order valence-electron chi connectivity index (χ1n) is 5.69. The summed E-state index contributed by atoms with van der Waals surface area (Å²) in [7, 11) is -2.10. The van der Waals surface area contributed by atoms with Gasteiger partial charge in [-0.2, -0.15) is 0 Å². The molecule has 0 aliphatic carbocycles. The van der Waals surface area contributed by atoms with Gasteiger partial charge in [0.05, 0.1) is 21.4 Å². The Bertz CT molecular complexity index is 733. The molecule has 0 fully saturated rings. The van der Waals surface area contributed by atoms with Crippen LogP contribution in [0.25, 0.3) is 0 Å².